The quantitative estimate of drug-likeness (QED) is 0.665. The van der Waals surface area contributed by atoms with Crippen LogP contribution in [0, 0.1) is 11.7 Å². The van der Waals surface area contributed by atoms with E-state index in [0.29, 0.717) is 24.1 Å². The smallest absolute Gasteiger partial charge is 0.224 e. The first kappa shape index (κ1) is 23.2. The van der Waals surface area contributed by atoms with Crippen molar-refractivity contribution >= 4 is 23.2 Å². The number of carbonyl (C=O) groups excluding carboxylic acids is 1. The van der Waals surface area contributed by atoms with Crippen LogP contribution in [0.2, 0.25) is 5.02 Å². The lowest BCUT2D eigenvalue weighted by atomic mass is 9.86. The van der Waals surface area contributed by atoms with E-state index in [4.69, 9.17) is 16.3 Å². The molecule has 172 valence electrons. The summed E-state index contributed by atoms with van der Waals surface area (Å²) in [6.07, 6.45) is 2.32. The summed E-state index contributed by atoms with van der Waals surface area (Å²) in [7, 11) is 0. The largest absolute Gasteiger partial charge is 0.379 e. The second-order valence-electron chi connectivity index (χ2n) is 8.72. The zero-order valence-electron chi connectivity index (χ0n) is 18.3. The molecule has 32 heavy (non-hydrogen) atoms. The number of rotatable bonds is 7. The molecule has 1 N–H and O–H groups in total. The molecule has 7 heteroatoms. The Morgan fingerprint density at radius 1 is 1.12 bits per heavy atom. The molecule has 4 rings (SSSR count). The predicted molar refractivity (Wildman–Crippen MR) is 125 cm³/mol. The second-order valence-corrected chi connectivity index (χ2v) is 9.16. The van der Waals surface area contributed by atoms with Crippen molar-refractivity contribution in [1.82, 2.24) is 9.80 Å². The number of ether oxygens (including phenoxy) is 1. The average molecular weight is 460 g/mol. The third kappa shape index (κ3) is 6.51. The van der Waals surface area contributed by atoms with Gasteiger partial charge in [-0.25, -0.2) is 4.39 Å². The Kier molecular flexibility index (Phi) is 8.14. The van der Waals surface area contributed by atoms with Crippen molar-refractivity contribution in [2.45, 2.75) is 31.8 Å². The van der Waals surface area contributed by atoms with Crippen LogP contribution in [0.25, 0.3) is 0 Å². The molecule has 2 atom stereocenters. The summed E-state index contributed by atoms with van der Waals surface area (Å²) in [5, 5.41) is 3.59. The first-order valence-electron chi connectivity index (χ1n) is 11.4. The number of hydrogen-bond donors (Lipinski definition) is 1. The molecule has 2 fully saturated rings. The number of benzene rings is 2. The number of carbonyl (C=O) groups is 1. The number of likely N-dealkylation sites (tertiary alicyclic amines) is 1. The third-order valence-electron chi connectivity index (χ3n) is 6.46. The highest BCUT2D eigenvalue weighted by Gasteiger charge is 2.34. The highest BCUT2D eigenvalue weighted by atomic mass is 35.5. The van der Waals surface area contributed by atoms with Crippen LogP contribution in [-0.4, -0.2) is 61.1 Å². The molecule has 0 radical (unpaired) electrons. The molecule has 2 aromatic carbocycles. The van der Waals surface area contributed by atoms with Gasteiger partial charge in [0.25, 0.3) is 0 Å². The topological polar surface area (TPSA) is 44.8 Å². The van der Waals surface area contributed by atoms with Crippen LogP contribution in [0.15, 0.2) is 48.5 Å². The van der Waals surface area contributed by atoms with Gasteiger partial charge in [-0.15, -0.1) is 0 Å². The molecule has 0 saturated carbocycles. The minimum Gasteiger partial charge on any atom is -0.379 e. The van der Waals surface area contributed by atoms with Crippen molar-refractivity contribution in [2.24, 2.45) is 5.92 Å². The van der Waals surface area contributed by atoms with Crippen molar-refractivity contribution in [1.29, 1.82) is 0 Å². The Balaban J connectivity index is 1.37. The van der Waals surface area contributed by atoms with Gasteiger partial charge in [0.2, 0.25) is 5.91 Å². The molecule has 0 bridgehead atoms. The van der Waals surface area contributed by atoms with Crippen LogP contribution in [0.1, 0.15) is 24.8 Å². The van der Waals surface area contributed by atoms with Crippen molar-refractivity contribution < 1.29 is 13.9 Å². The lowest BCUT2D eigenvalue weighted by Gasteiger charge is -2.45. The van der Waals surface area contributed by atoms with Gasteiger partial charge in [-0.3, -0.25) is 14.6 Å². The molecular formula is C25H31ClFN3O2. The lowest BCUT2D eigenvalue weighted by Crippen LogP contribution is -2.53. The Morgan fingerprint density at radius 2 is 1.91 bits per heavy atom. The van der Waals surface area contributed by atoms with E-state index in [9.17, 15) is 9.18 Å². The summed E-state index contributed by atoms with van der Waals surface area (Å²) in [5.41, 5.74) is 1.76. The van der Waals surface area contributed by atoms with Crippen LogP contribution in [-0.2, 0) is 16.1 Å². The molecule has 0 unspecified atom stereocenters. The molecule has 2 saturated heterocycles. The second kappa shape index (κ2) is 11.2. The third-order valence-corrected chi connectivity index (χ3v) is 6.71. The molecule has 2 aliphatic heterocycles. The zero-order chi connectivity index (χ0) is 22.3. The van der Waals surface area contributed by atoms with Crippen molar-refractivity contribution in [3.05, 3.63) is 64.9 Å². The molecule has 2 aromatic rings. The highest BCUT2D eigenvalue weighted by Crippen LogP contribution is 2.28. The molecule has 5 nitrogen and oxygen atoms in total. The maximum atomic E-state index is 13.4. The predicted octanol–water partition coefficient (Wildman–Crippen LogP) is 4.42. The van der Waals surface area contributed by atoms with E-state index < -0.39 is 0 Å². The van der Waals surface area contributed by atoms with Gasteiger partial charge in [0, 0.05) is 49.4 Å². The van der Waals surface area contributed by atoms with Crippen LogP contribution >= 0.6 is 11.6 Å². The minimum atomic E-state index is -0.347. The Bertz CT molecular complexity index is 889. The number of piperidine rings is 1. The molecule has 0 spiro atoms. The van der Waals surface area contributed by atoms with Crippen molar-refractivity contribution in [2.75, 3.05) is 44.7 Å². The minimum absolute atomic E-state index is 0.0637. The Labute approximate surface area is 194 Å². The number of hydrogen-bond acceptors (Lipinski definition) is 4. The van der Waals surface area contributed by atoms with Crippen LogP contribution in [0.4, 0.5) is 10.1 Å². The summed E-state index contributed by atoms with van der Waals surface area (Å²) in [5.74, 6) is -0.0149. The molecule has 0 aliphatic carbocycles. The van der Waals surface area contributed by atoms with E-state index in [1.807, 2.05) is 12.1 Å². The fourth-order valence-corrected chi connectivity index (χ4v) is 4.99. The summed E-state index contributed by atoms with van der Waals surface area (Å²) in [6.45, 7) is 6.34. The van der Waals surface area contributed by atoms with E-state index in [1.54, 1.807) is 12.1 Å². The summed E-state index contributed by atoms with van der Waals surface area (Å²) >= 11 is 6.03. The van der Waals surface area contributed by atoms with E-state index in [1.165, 1.54) is 17.7 Å². The SMILES string of the molecule is O=C(CC[C@H]1CN(Cc2ccc(Cl)cc2)CC[C@H]1N1CCOCC1)Nc1cccc(F)c1. The van der Waals surface area contributed by atoms with Gasteiger partial charge in [0.1, 0.15) is 5.82 Å². The standard InChI is InChI=1S/C25H31ClFN3O2/c26-21-7-4-19(5-8-21)17-29-11-10-24(30-12-14-32-15-13-30)20(18-29)6-9-25(31)28-23-3-1-2-22(27)16-23/h1-5,7-8,16,20,24H,6,9-15,17-18H2,(H,28,31)/t20-,24+/m0/s1. The summed E-state index contributed by atoms with van der Waals surface area (Å²) in [4.78, 5) is 17.6. The van der Waals surface area contributed by atoms with Gasteiger partial charge in [-0.05, 0) is 61.2 Å². The van der Waals surface area contributed by atoms with E-state index in [2.05, 4.69) is 27.2 Å². The van der Waals surface area contributed by atoms with Crippen LogP contribution in [0.5, 0.6) is 0 Å². The fraction of sp³-hybridized carbons (Fsp3) is 0.480. The molecule has 1 amide bonds. The lowest BCUT2D eigenvalue weighted by molar-refractivity contribution is -0.116. The van der Waals surface area contributed by atoms with Crippen LogP contribution in [0.3, 0.4) is 0 Å². The van der Waals surface area contributed by atoms with Crippen LogP contribution < -0.4 is 5.32 Å². The molecule has 2 heterocycles. The summed E-state index contributed by atoms with van der Waals surface area (Å²) < 4.78 is 19.0. The monoisotopic (exact) mass is 459 g/mol. The molecule has 2 aliphatic rings. The van der Waals surface area contributed by atoms with Crippen molar-refractivity contribution in [3.63, 3.8) is 0 Å². The number of nitrogens with one attached hydrogen (secondary N) is 1. The van der Waals surface area contributed by atoms with E-state index in [-0.39, 0.29) is 11.7 Å². The van der Waals surface area contributed by atoms with Gasteiger partial charge in [-0.1, -0.05) is 29.8 Å². The number of anilines is 1. The van der Waals surface area contributed by atoms with Gasteiger partial charge in [0.15, 0.2) is 0 Å². The molecule has 0 aromatic heterocycles. The number of amides is 1. The zero-order valence-corrected chi connectivity index (χ0v) is 19.1. The van der Waals surface area contributed by atoms with E-state index >= 15 is 0 Å². The highest BCUT2D eigenvalue weighted by molar-refractivity contribution is 6.30. The van der Waals surface area contributed by atoms with Gasteiger partial charge < -0.3 is 10.1 Å². The van der Waals surface area contributed by atoms with Crippen molar-refractivity contribution in [3.8, 4) is 0 Å². The summed E-state index contributed by atoms with van der Waals surface area (Å²) in [6, 6.07) is 14.5. The first-order chi connectivity index (χ1) is 15.6. The van der Waals surface area contributed by atoms with Gasteiger partial charge in [0.05, 0.1) is 13.2 Å². The fourth-order valence-electron chi connectivity index (χ4n) is 4.87. The maximum Gasteiger partial charge on any atom is 0.224 e. The van der Waals surface area contributed by atoms with E-state index in [0.717, 1.165) is 63.8 Å². The normalized spacial score (nSPS) is 22.6. The number of morpholine rings is 1. The Morgan fingerprint density at radius 3 is 2.66 bits per heavy atom. The number of halogens is 2. The first-order valence-corrected chi connectivity index (χ1v) is 11.8. The van der Waals surface area contributed by atoms with Gasteiger partial charge in [-0.2, -0.15) is 0 Å². The van der Waals surface area contributed by atoms with Gasteiger partial charge >= 0.3 is 0 Å². The maximum absolute atomic E-state index is 13.4. The Hall–Kier alpha value is -1.99. The molecular weight excluding hydrogens is 429 g/mol. The average Bonchev–Trinajstić information content (AvgIpc) is 2.80. The number of nitrogens with zero attached hydrogens (tertiary/aromatic N) is 2.